The van der Waals surface area contributed by atoms with Gasteiger partial charge in [0.2, 0.25) is 5.88 Å². The Morgan fingerprint density at radius 1 is 0.969 bits per heavy atom. The van der Waals surface area contributed by atoms with E-state index in [4.69, 9.17) is 14.5 Å². The first-order valence-electron chi connectivity index (χ1n) is 11.8. The Morgan fingerprint density at radius 3 is 2.47 bits per heavy atom. The lowest BCUT2D eigenvalue weighted by atomic mass is 9.85. The molecule has 2 fully saturated rings. The van der Waals surface area contributed by atoms with Crippen molar-refractivity contribution in [2.24, 2.45) is 0 Å². The monoisotopic (exact) mass is 435 g/mol. The van der Waals surface area contributed by atoms with E-state index < -0.39 is 0 Å². The Balaban J connectivity index is 0.00000119. The molecule has 1 aliphatic carbocycles. The van der Waals surface area contributed by atoms with Crippen LogP contribution in [0.4, 0.5) is 5.82 Å². The van der Waals surface area contributed by atoms with Gasteiger partial charge in [0, 0.05) is 49.9 Å². The minimum Gasteiger partial charge on any atom is -0.474 e. The molecule has 0 spiro atoms. The largest absolute Gasteiger partial charge is 0.474 e. The van der Waals surface area contributed by atoms with Gasteiger partial charge in [0.25, 0.3) is 0 Å². The van der Waals surface area contributed by atoms with Crippen molar-refractivity contribution in [3.8, 4) is 5.88 Å². The molecular weight excluding hydrogens is 402 g/mol. The molecule has 5 rings (SSSR count). The summed E-state index contributed by atoms with van der Waals surface area (Å²) in [5.41, 5.74) is 3.13. The number of hydrogen-bond donors (Lipinski definition) is 0. The Hall–Kier alpha value is -2.80. The number of fused-ring (bicyclic) bond motifs is 1. The van der Waals surface area contributed by atoms with E-state index in [0.717, 1.165) is 80.0 Å². The Kier molecular flexibility index (Phi) is 7.47. The number of nitrogens with zero attached hydrogens (tertiary/aromatic N) is 5. The summed E-state index contributed by atoms with van der Waals surface area (Å²) in [6.45, 7) is 9.19. The van der Waals surface area contributed by atoms with Crippen molar-refractivity contribution in [1.82, 2.24) is 19.9 Å². The van der Waals surface area contributed by atoms with Crippen LogP contribution in [0.5, 0.6) is 5.88 Å². The van der Waals surface area contributed by atoms with Crippen LogP contribution < -0.4 is 9.64 Å². The number of aryl methyl sites for hydroxylation is 1. The molecule has 0 atom stereocenters. The smallest absolute Gasteiger partial charge is 0.225 e. The summed E-state index contributed by atoms with van der Waals surface area (Å²) in [7, 11) is 0. The molecule has 0 aromatic carbocycles. The second-order valence-corrected chi connectivity index (χ2v) is 8.19. The summed E-state index contributed by atoms with van der Waals surface area (Å²) in [6.07, 6.45) is 11.6. The first kappa shape index (κ1) is 22.4. The molecule has 32 heavy (non-hydrogen) atoms. The number of hydrogen-bond acceptors (Lipinski definition) is 7. The van der Waals surface area contributed by atoms with Gasteiger partial charge in [-0.3, -0.25) is 15.0 Å². The van der Waals surface area contributed by atoms with Crippen molar-refractivity contribution in [3.63, 3.8) is 0 Å². The van der Waals surface area contributed by atoms with Crippen LogP contribution in [0.2, 0.25) is 0 Å². The number of pyridine rings is 2. The lowest BCUT2D eigenvalue weighted by Crippen LogP contribution is -2.36. The highest BCUT2D eigenvalue weighted by Crippen LogP contribution is 2.35. The minimum absolute atomic E-state index is 0.161. The zero-order chi connectivity index (χ0) is 22.3. The van der Waals surface area contributed by atoms with Gasteiger partial charge in [0.1, 0.15) is 11.9 Å². The van der Waals surface area contributed by atoms with Gasteiger partial charge in [0.15, 0.2) is 0 Å². The highest BCUT2D eigenvalue weighted by molar-refractivity contribution is 5.86. The molecule has 0 radical (unpaired) electrons. The molecule has 1 saturated heterocycles. The predicted octanol–water partition coefficient (Wildman–Crippen LogP) is 4.70. The molecule has 170 valence electrons. The topological polar surface area (TPSA) is 73.3 Å². The first-order valence-corrected chi connectivity index (χ1v) is 11.8. The Bertz CT molecular complexity index is 1000. The predicted molar refractivity (Wildman–Crippen MR) is 126 cm³/mol. The standard InChI is InChI=1S/C23H27N5O2.C2H6/c1-16-12-19-20(26-14-16)13-22(28-8-10-29-11-9-28)27-23(19)30-18-4-2-17(3-5-18)21-15-24-6-7-25-21;1-2/h6-7,12-15,17-18H,2-5,8-11H2,1H3;1-2H3. The lowest BCUT2D eigenvalue weighted by Gasteiger charge is -2.30. The van der Waals surface area contributed by atoms with Crippen molar-refractivity contribution < 1.29 is 9.47 Å². The molecule has 4 heterocycles. The summed E-state index contributed by atoms with van der Waals surface area (Å²) in [5.74, 6) is 2.09. The maximum atomic E-state index is 6.49. The van der Waals surface area contributed by atoms with Crippen molar-refractivity contribution in [1.29, 1.82) is 0 Å². The zero-order valence-electron chi connectivity index (χ0n) is 19.3. The summed E-state index contributed by atoms with van der Waals surface area (Å²) >= 11 is 0. The Labute approximate surface area is 190 Å². The van der Waals surface area contributed by atoms with Crippen molar-refractivity contribution in [2.75, 3.05) is 31.2 Å². The van der Waals surface area contributed by atoms with Gasteiger partial charge < -0.3 is 14.4 Å². The Morgan fingerprint density at radius 2 is 1.75 bits per heavy atom. The van der Waals surface area contributed by atoms with Crippen molar-refractivity contribution >= 4 is 16.7 Å². The van der Waals surface area contributed by atoms with E-state index in [1.165, 1.54) is 0 Å². The number of aromatic nitrogens is 4. The van der Waals surface area contributed by atoms with Gasteiger partial charge in [-0.1, -0.05) is 13.8 Å². The fraction of sp³-hybridized carbons (Fsp3) is 0.520. The molecule has 0 bridgehead atoms. The van der Waals surface area contributed by atoms with Gasteiger partial charge >= 0.3 is 0 Å². The number of rotatable bonds is 4. The van der Waals surface area contributed by atoms with Crippen LogP contribution in [0.15, 0.2) is 36.9 Å². The number of morpholine rings is 1. The third-order valence-electron chi connectivity index (χ3n) is 6.06. The molecule has 0 N–H and O–H groups in total. The third-order valence-corrected chi connectivity index (χ3v) is 6.06. The SMILES string of the molecule is CC.Cc1cnc2cc(N3CCOCC3)nc(OC3CCC(c4cnccn4)CC3)c2c1. The fourth-order valence-electron chi connectivity index (χ4n) is 4.38. The zero-order valence-corrected chi connectivity index (χ0v) is 19.3. The molecule has 7 heteroatoms. The van der Waals surface area contributed by atoms with E-state index >= 15 is 0 Å². The molecule has 0 amide bonds. The van der Waals surface area contributed by atoms with Gasteiger partial charge in [-0.15, -0.1) is 0 Å². The van der Waals surface area contributed by atoms with E-state index in [2.05, 4.69) is 38.9 Å². The van der Waals surface area contributed by atoms with Gasteiger partial charge in [-0.2, -0.15) is 4.98 Å². The van der Waals surface area contributed by atoms with Crippen LogP contribution in [0.3, 0.4) is 0 Å². The van der Waals surface area contributed by atoms with Crippen LogP contribution >= 0.6 is 0 Å². The first-order chi connectivity index (χ1) is 15.8. The van der Waals surface area contributed by atoms with E-state index in [1.54, 1.807) is 12.4 Å². The maximum Gasteiger partial charge on any atom is 0.225 e. The summed E-state index contributed by atoms with van der Waals surface area (Å²) in [6, 6.07) is 4.19. The van der Waals surface area contributed by atoms with Gasteiger partial charge in [0.05, 0.1) is 29.8 Å². The van der Waals surface area contributed by atoms with E-state index in [9.17, 15) is 0 Å². The molecule has 1 aliphatic heterocycles. The maximum absolute atomic E-state index is 6.49. The third kappa shape index (κ3) is 5.15. The second-order valence-electron chi connectivity index (χ2n) is 8.19. The quantitative estimate of drug-likeness (QED) is 0.588. The normalized spacial score (nSPS) is 21.0. The molecule has 0 unspecified atom stereocenters. The van der Waals surface area contributed by atoms with Gasteiger partial charge in [-0.25, -0.2) is 0 Å². The highest BCUT2D eigenvalue weighted by atomic mass is 16.5. The van der Waals surface area contributed by atoms with E-state index in [1.807, 2.05) is 26.2 Å². The van der Waals surface area contributed by atoms with Crippen LogP contribution in [0, 0.1) is 6.92 Å². The molecule has 7 nitrogen and oxygen atoms in total. The summed E-state index contributed by atoms with van der Waals surface area (Å²) < 4.78 is 12.0. The van der Waals surface area contributed by atoms with Gasteiger partial charge in [-0.05, 0) is 44.2 Å². The highest BCUT2D eigenvalue weighted by Gasteiger charge is 2.26. The average Bonchev–Trinajstić information content (AvgIpc) is 2.87. The van der Waals surface area contributed by atoms with Crippen LogP contribution in [-0.4, -0.2) is 52.3 Å². The van der Waals surface area contributed by atoms with E-state index in [0.29, 0.717) is 11.8 Å². The summed E-state index contributed by atoms with van der Waals surface area (Å²) in [5, 5.41) is 0.989. The average molecular weight is 436 g/mol. The lowest BCUT2D eigenvalue weighted by molar-refractivity contribution is 0.122. The number of anilines is 1. The molecule has 1 saturated carbocycles. The summed E-state index contributed by atoms with van der Waals surface area (Å²) in [4.78, 5) is 20.5. The minimum atomic E-state index is 0.161. The van der Waals surface area contributed by atoms with Crippen LogP contribution in [-0.2, 0) is 4.74 Å². The molecule has 2 aliphatic rings. The van der Waals surface area contributed by atoms with Crippen LogP contribution in [0.1, 0.15) is 56.7 Å². The fourth-order valence-corrected chi connectivity index (χ4v) is 4.38. The molecule has 3 aromatic heterocycles. The number of ether oxygens (including phenoxy) is 2. The molecular formula is C25H33N5O2. The van der Waals surface area contributed by atoms with Crippen molar-refractivity contribution in [3.05, 3.63) is 48.2 Å². The van der Waals surface area contributed by atoms with E-state index in [-0.39, 0.29) is 6.10 Å². The van der Waals surface area contributed by atoms with Crippen LogP contribution in [0.25, 0.3) is 10.9 Å². The van der Waals surface area contributed by atoms with Crippen molar-refractivity contribution in [2.45, 2.75) is 58.5 Å². The second kappa shape index (κ2) is 10.7. The molecule has 3 aromatic rings.